The van der Waals surface area contributed by atoms with Gasteiger partial charge in [0.05, 0.1) is 0 Å². The van der Waals surface area contributed by atoms with Gasteiger partial charge in [-0.1, -0.05) is 41.9 Å². The van der Waals surface area contributed by atoms with Crippen LogP contribution in [0, 0.1) is 0 Å². The Hall–Kier alpha value is -1.51. The van der Waals surface area contributed by atoms with E-state index in [1.54, 1.807) is 0 Å². The van der Waals surface area contributed by atoms with Gasteiger partial charge in [-0.15, -0.1) is 0 Å². The fourth-order valence-corrected chi connectivity index (χ4v) is 2.74. The van der Waals surface area contributed by atoms with Gasteiger partial charge in [-0.2, -0.15) is 0 Å². The molecule has 0 aromatic heterocycles. The fraction of sp³-hybridized carbons (Fsp3) is 0.250. The van der Waals surface area contributed by atoms with Crippen LogP contribution in [0.4, 0.5) is 0 Å². The van der Waals surface area contributed by atoms with Gasteiger partial charge in [-0.25, -0.2) is 0 Å². The molecule has 0 spiro atoms. The highest BCUT2D eigenvalue weighted by molar-refractivity contribution is 6.30. The van der Waals surface area contributed by atoms with E-state index in [9.17, 15) is 0 Å². The van der Waals surface area contributed by atoms with E-state index >= 15 is 0 Å². The molecule has 19 heavy (non-hydrogen) atoms. The monoisotopic (exact) mass is 273 g/mol. The van der Waals surface area contributed by atoms with Gasteiger partial charge >= 0.3 is 0 Å². The van der Waals surface area contributed by atoms with Gasteiger partial charge in [-0.05, 0) is 23.8 Å². The normalized spacial score (nSPS) is 21.6. The number of ether oxygens (including phenoxy) is 1. The Bertz CT molecular complexity index is 570. The lowest BCUT2D eigenvalue weighted by Gasteiger charge is -2.30. The summed E-state index contributed by atoms with van der Waals surface area (Å²) in [4.78, 5) is 0. The number of rotatable bonds is 2. The first-order valence-corrected chi connectivity index (χ1v) is 6.86. The predicted molar refractivity (Wildman–Crippen MR) is 77.6 cm³/mol. The van der Waals surface area contributed by atoms with Crippen LogP contribution < -0.4 is 10.5 Å². The van der Waals surface area contributed by atoms with Gasteiger partial charge in [0.2, 0.25) is 0 Å². The lowest BCUT2D eigenvalue weighted by Crippen LogP contribution is -2.31. The van der Waals surface area contributed by atoms with Crippen molar-refractivity contribution in [3.05, 3.63) is 64.7 Å². The Kier molecular flexibility index (Phi) is 3.45. The minimum absolute atomic E-state index is 0.00355. The van der Waals surface area contributed by atoms with Crippen molar-refractivity contribution in [3.8, 4) is 5.75 Å². The SMILES string of the molecule is N[C@@H]1CC(Cc2ccccc2)Oc2ccc(Cl)cc21. The van der Waals surface area contributed by atoms with Crippen molar-refractivity contribution in [2.75, 3.05) is 0 Å². The van der Waals surface area contributed by atoms with Crippen LogP contribution in [0.5, 0.6) is 5.75 Å². The van der Waals surface area contributed by atoms with Crippen molar-refractivity contribution >= 4 is 11.6 Å². The average molecular weight is 274 g/mol. The van der Waals surface area contributed by atoms with E-state index < -0.39 is 0 Å². The van der Waals surface area contributed by atoms with Crippen LogP contribution in [0.15, 0.2) is 48.5 Å². The maximum absolute atomic E-state index is 6.22. The number of hydrogen-bond donors (Lipinski definition) is 1. The molecule has 0 radical (unpaired) electrons. The van der Waals surface area contributed by atoms with Crippen molar-refractivity contribution in [2.45, 2.75) is 25.0 Å². The molecule has 1 unspecified atom stereocenters. The molecule has 2 aromatic carbocycles. The molecule has 0 amide bonds. The zero-order valence-corrected chi connectivity index (χ0v) is 11.3. The topological polar surface area (TPSA) is 35.2 Å². The summed E-state index contributed by atoms with van der Waals surface area (Å²) in [6.07, 6.45) is 1.84. The third-order valence-electron chi connectivity index (χ3n) is 3.49. The first-order chi connectivity index (χ1) is 9.22. The summed E-state index contributed by atoms with van der Waals surface area (Å²) in [7, 11) is 0. The molecule has 1 aliphatic rings. The maximum Gasteiger partial charge on any atom is 0.124 e. The Labute approximate surface area is 118 Å². The molecule has 3 rings (SSSR count). The third kappa shape index (κ3) is 2.75. The van der Waals surface area contributed by atoms with Crippen LogP contribution in [0.3, 0.4) is 0 Å². The smallest absolute Gasteiger partial charge is 0.124 e. The molecule has 1 heterocycles. The van der Waals surface area contributed by atoms with E-state index in [0.29, 0.717) is 5.02 Å². The van der Waals surface area contributed by atoms with E-state index in [1.165, 1.54) is 5.56 Å². The summed E-state index contributed by atoms with van der Waals surface area (Å²) in [6, 6.07) is 16.0. The summed E-state index contributed by atoms with van der Waals surface area (Å²) in [5.41, 5.74) is 8.51. The minimum atomic E-state index is -0.00355. The molecular formula is C16H16ClNO. The lowest BCUT2D eigenvalue weighted by molar-refractivity contribution is 0.159. The van der Waals surface area contributed by atoms with Gasteiger partial charge in [0, 0.05) is 29.5 Å². The number of fused-ring (bicyclic) bond motifs is 1. The average Bonchev–Trinajstić information content (AvgIpc) is 2.41. The Morgan fingerprint density at radius 1 is 1.16 bits per heavy atom. The molecule has 98 valence electrons. The number of nitrogens with two attached hydrogens (primary N) is 1. The molecule has 2 nitrogen and oxygen atoms in total. The molecule has 0 saturated heterocycles. The maximum atomic E-state index is 6.22. The van der Waals surface area contributed by atoms with E-state index in [4.69, 9.17) is 22.1 Å². The summed E-state index contributed by atoms with van der Waals surface area (Å²) in [5.74, 6) is 0.865. The lowest BCUT2D eigenvalue weighted by atomic mass is 9.94. The highest BCUT2D eigenvalue weighted by atomic mass is 35.5. The first kappa shape index (κ1) is 12.5. The minimum Gasteiger partial charge on any atom is -0.490 e. The quantitative estimate of drug-likeness (QED) is 0.905. The molecule has 0 fully saturated rings. The van der Waals surface area contributed by atoms with Crippen LogP contribution in [0.1, 0.15) is 23.6 Å². The van der Waals surface area contributed by atoms with Crippen LogP contribution in [0.25, 0.3) is 0 Å². The van der Waals surface area contributed by atoms with E-state index in [2.05, 4.69) is 12.1 Å². The van der Waals surface area contributed by atoms with Crippen LogP contribution in [0.2, 0.25) is 5.02 Å². The standard InChI is InChI=1S/C16H16ClNO/c17-12-6-7-16-14(9-12)15(18)10-13(19-16)8-11-4-2-1-3-5-11/h1-7,9,13,15H,8,10,18H2/t13?,15-/m1/s1. The van der Waals surface area contributed by atoms with E-state index in [0.717, 1.165) is 24.2 Å². The third-order valence-corrected chi connectivity index (χ3v) is 3.72. The largest absolute Gasteiger partial charge is 0.490 e. The predicted octanol–water partition coefficient (Wildman–Crippen LogP) is 3.73. The Morgan fingerprint density at radius 3 is 2.74 bits per heavy atom. The zero-order valence-electron chi connectivity index (χ0n) is 10.6. The van der Waals surface area contributed by atoms with Crippen molar-refractivity contribution < 1.29 is 4.74 Å². The molecule has 2 atom stereocenters. The van der Waals surface area contributed by atoms with Crippen molar-refractivity contribution in [3.63, 3.8) is 0 Å². The van der Waals surface area contributed by atoms with Crippen molar-refractivity contribution in [1.82, 2.24) is 0 Å². The van der Waals surface area contributed by atoms with E-state index in [-0.39, 0.29) is 12.1 Å². The Morgan fingerprint density at radius 2 is 1.95 bits per heavy atom. The second-order valence-corrected chi connectivity index (χ2v) is 5.39. The molecule has 0 bridgehead atoms. The van der Waals surface area contributed by atoms with E-state index in [1.807, 2.05) is 36.4 Å². The van der Waals surface area contributed by atoms with Crippen molar-refractivity contribution in [1.29, 1.82) is 0 Å². The molecular weight excluding hydrogens is 258 g/mol. The molecule has 2 aromatic rings. The van der Waals surface area contributed by atoms with Gasteiger partial charge in [0.15, 0.2) is 0 Å². The van der Waals surface area contributed by atoms with Crippen LogP contribution in [-0.4, -0.2) is 6.10 Å². The number of benzene rings is 2. The zero-order chi connectivity index (χ0) is 13.2. The van der Waals surface area contributed by atoms with Gasteiger partial charge in [0.25, 0.3) is 0 Å². The van der Waals surface area contributed by atoms with Crippen molar-refractivity contribution in [2.24, 2.45) is 5.73 Å². The molecule has 0 aliphatic carbocycles. The number of hydrogen-bond acceptors (Lipinski definition) is 2. The van der Waals surface area contributed by atoms with Gasteiger partial charge in [-0.3, -0.25) is 0 Å². The molecule has 1 aliphatic heterocycles. The Balaban J connectivity index is 1.80. The number of halogens is 1. The second kappa shape index (κ2) is 5.24. The molecule has 3 heteroatoms. The first-order valence-electron chi connectivity index (χ1n) is 6.48. The highest BCUT2D eigenvalue weighted by Gasteiger charge is 2.26. The van der Waals surface area contributed by atoms with Gasteiger partial charge in [0.1, 0.15) is 11.9 Å². The molecule has 2 N–H and O–H groups in total. The molecule has 0 saturated carbocycles. The highest BCUT2D eigenvalue weighted by Crippen LogP contribution is 2.35. The summed E-state index contributed by atoms with van der Waals surface area (Å²) < 4.78 is 6.02. The van der Waals surface area contributed by atoms with Crippen LogP contribution in [-0.2, 0) is 6.42 Å². The van der Waals surface area contributed by atoms with Gasteiger partial charge < -0.3 is 10.5 Å². The fourth-order valence-electron chi connectivity index (χ4n) is 2.56. The summed E-state index contributed by atoms with van der Waals surface area (Å²) in [5, 5.41) is 0.708. The van der Waals surface area contributed by atoms with Crippen LogP contribution >= 0.6 is 11.6 Å². The summed E-state index contributed by atoms with van der Waals surface area (Å²) in [6.45, 7) is 0. The second-order valence-electron chi connectivity index (χ2n) is 4.95. The summed E-state index contributed by atoms with van der Waals surface area (Å²) >= 11 is 6.00.